The van der Waals surface area contributed by atoms with E-state index in [9.17, 15) is 0 Å². The lowest BCUT2D eigenvalue weighted by Gasteiger charge is -2.57. The summed E-state index contributed by atoms with van der Waals surface area (Å²) >= 11 is 0. The minimum absolute atomic E-state index is 0.692. The van der Waals surface area contributed by atoms with E-state index in [4.69, 9.17) is 0 Å². The van der Waals surface area contributed by atoms with Gasteiger partial charge in [-0.1, -0.05) is 11.6 Å². The van der Waals surface area contributed by atoms with Gasteiger partial charge in [0.15, 0.2) is 0 Å². The third-order valence-corrected chi connectivity index (χ3v) is 7.18. The van der Waals surface area contributed by atoms with E-state index in [0.29, 0.717) is 6.04 Å². The van der Waals surface area contributed by atoms with Crippen LogP contribution in [0.2, 0.25) is 0 Å². The zero-order valence-electron chi connectivity index (χ0n) is 13.4. The van der Waals surface area contributed by atoms with Gasteiger partial charge < -0.3 is 0 Å². The second-order valence-electron chi connectivity index (χ2n) is 8.62. The second kappa shape index (κ2) is 4.87. The van der Waals surface area contributed by atoms with Gasteiger partial charge in [0.25, 0.3) is 0 Å². The third kappa shape index (κ3) is 2.26. The van der Waals surface area contributed by atoms with Crippen LogP contribution < -0.4 is 0 Å². The molecule has 1 atom stereocenters. The van der Waals surface area contributed by atoms with Crippen LogP contribution in [0.4, 0.5) is 0 Å². The van der Waals surface area contributed by atoms with Crippen molar-refractivity contribution in [1.82, 2.24) is 4.90 Å². The van der Waals surface area contributed by atoms with Crippen molar-refractivity contribution in [1.29, 1.82) is 0 Å². The summed E-state index contributed by atoms with van der Waals surface area (Å²) in [6, 6.07) is 0.692. The molecule has 0 aromatic heterocycles. The fourth-order valence-electron chi connectivity index (χ4n) is 6.39. The molecular weight excluding hydrogens is 242 g/mol. The van der Waals surface area contributed by atoms with E-state index in [1.54, 1.807) is 44.1 Å². The number of hydrogen-bond donors (Lipinski definition) is 0. The van der Waals surface area contributed by atoms with E-state index in [0.717, 1.165) is 23.2 Å². The number of nitrogens with zero attached hydrogens (tertiary/aromatic N) is 1. The maximum Gasteiger partial charge on any atom is 0.0276 e. The zero-order chi connectivity index (χ0) is 13.7. The molecule has 20 heavy (non-hydrogen) atoms. The first kappa shape index (κ1) is 13.4. The Morgan fingerprint density at radius 3 is 2.30 bits per heavy atom. The summed E-state index contributed by atoms with van der Waals surface area (Å²) in [7, 11) is 0. The van der Waals surface area contributed by atoms with Gasteiger partial charge in [-0.2, -0.15) is 0 Å². The van der Waals surface area contributed by atoms with Crippen molar-refractivity contribution >= 4 is 0 Å². The van der Waals surface area contributed by atoms with Crippen LogP contribution in [0.25, 0.3) is 0 Å². The molecule has 0 N–H and O–H groups in total. The molecule has 5 rings (SSSR count). The molecule has 4 bridgehead atoms. The van der Waals surface area contributed by atoms with Gasteiger partial charge in [-0.25, -0.2) is 0 Å². The van der Waals surface area contributed by atoms with Gasteiger partial charge in [-0.3, -0.25) is 4.90 Å². The summed E-state index contributed by atoms with van der Waals surface area (Å²) in [4.78, 5) is 2.76. The molecule has 1 unspecified atom stereocenters. The predicted octanol–water partition coefficient (Wildman–Crippen LogP) is 4.63. The molecule has 0 amide bonds. The van der Waals surface area contributed by atoms with Crippen LogP contribution in [0.5, 0.6) is 0 Å². The first-order chi connectivity index (χ1) is 9.63. The van der Waals surface area contributed by atoms with Gasteiger partial charge in [0, 0.05) is 12.6 Å². The van der Waals surface area contributed by atoms with Gasteiger partial charge in [-0.15, -0.1) is 0 Å². The van der Waals surface area contributed by atoms with Gasteiger partial charge in [0.05, 0.1) is 0 Å². The van der Waals surface area contributed by atoms with Gasteiger partial charge in [-0.05, 0) is 94.9 Å². The van der Waals surface area contributed by atoms with Gasteiger partial charge >= 0.3 is 0 Å². The lowest BCUT2D eigenvalue weighted by Crippen LogP contribution is -2.48. The third-order valence-electron chi connectivity index (χ3n) is 7.18. The van der Waals surface area contributed by atoms with Crippen molar-refractivity contribution < 1.29 is 0 Å². The first-order valence-corrected chi connectivity index (χ1v) is 9.04. The Labute approximate surface area is 124 Å². The fraction of sp³-hybridized carbons (Fsp3) is 0.895. The molecule has 0 radical (unpaired) electrons. The molecule has 0 aromatic rings. The Morgan fingerprint density at radius 2 is 1.70 bits per heavy atom. The molecule has 0 aromatic carbocycles. The van der Waals surface area contributed by atoms with E-state index < -0.39 is 0 Å². The summed E-state index contributed by atoms with van der Waals surface area (Å²) in [5.74, 6) is 3.34. The van der Waals surface area contributed by atoms with Crippen LogP contribution in [0.1, 0.15) is 65.2 Å². The van der Waals surface area contributed by atoms with Crippen molar-refractivity contribution in [3.8, 4) is 0 Å². The molecule has 1 heterocycles. The minimum Gasteiger partial charge on any atom is -0.297 e. The minimum atomic E-state index is 0.692. The molecular formula is C19H31N. The van der Waals surface area contributed by atoms with E-state index in [-0.39, 0.29) is 0 Å². The standard InChI is InChI=1S/C19H31N/c1-14-4-3-6-20(15(14)2)7-5-19-11-16-8-17(12-19)10-18(9-16)13-19/h4,15-18H,3,5-13H2,1-2H3. The smallest absolute Gasteiger partial charge is 0.0276 e. The first-order valence-electron chi connectivity index (χ1n) is 9.04. The summed E-state index contributed by atoms with van der Waals surface area (Å²) < 4.78 is 0. The molecule has 1 nitrogen and oxygen atoms in total. The average Bonchev–Trinajstić information content (AvgIpc) is 2.39. The Kier molecular flexibility index (Phi) is 3.25. The molecule has 4 saturated carbocycles. The summed E-state index contributed by atoms with van der Waals surface area (Å²) in [5.41, 5.74) is 2.37. The number of rotatable bonds is 3. The molecule has 112 valence electrons. The van der Waals surface area contributed by atoms with Gasteiger partial charge in [0.1, 0.15) is 0 Å². The second-order valence-corrected chi connectivity index (χ2v) is 8.62. The topological polar surface area (TPSA) is 3.24 Å². The average molecular weight is 273 g/mol. The van der Waals surface area contributed by atoms with E-state index in [1.165, 1.54) is 25.9 Å². The van der Waals surface area contributed by atoms with Crippen molar-refractivity contribution in [2.75, 3.05) is 13.1 Å². The van der Waals surface area contributed by atoms with Crippen LogP contribution in [-0.2, 0) is 0 Å². The largest absolute Gasteiger partial charge is 0.297 e. The Bertz CT molecular complexity index is 373. The van der Waals surface area contributed by atoms with Crippen LogP contribution in [0.15, 0.2) is 11.6 Å². The van der Waals surface area contributed by atoms with Crippen molar-refractivity contribution in [3.05, 3.63) is 11.6 Å². The molecule has 1 aliphatic heterocycles. The SMILES string of the molecule is CC1=CCCN(CCC23CC4CC(CC(C4)C2)C3)C1C. The van der Waals surface area contributed by atoms with Crippen molar-refractivity contribution in [2.24, 2.45) is 23.2 Å². The van der Waals surface area contributed by atoms with Crippen LogP contribution in [-0.4, -0.2) is 24.0 Å². The Balaban J connectivity index is 1.41. The van der Waals surface area contributed by atoms with Gasteiger partial charge in [0.2, 0.25) is 0 Å². The summed E-state index contributed by atoms with van der Waals surface area (Å²) in [6.07, 6.45) is 14.7. The fourth-order valence-corrected chi connectivity index (χ4v) is 6.39. The number of hydrogen-bond acceptors (Lipinski definition) is 1. The summed E-state index contributed by atoms with van der Waals surface area (Å²) in [5, 5.41) is 0. The van der Waals surface area contributed by atoms with E-state index >= 15 is 0 Å². The Hall–Kier alpha value is -0.300. The molecule has 0 saturated heterocycles. The highest BCUT2D eigenvalue weighted by Crippen LogP contribution is 2.61. The van der Waals surface area contributed by atoms with Crippen molar-refractivity contribution in [2.45, 2.75) is 71.3 Å². The highest BCUT2D eigenvalue weighted by atomic mass is 15.2. The van der Waals surface area contributed by atoms with E-state index in [1.807, 2.05) is 0 Å². The molecule has 4 fully saturated rings. The lowest BCUT2D eigenvalue weighted by atomic mass is 9.49. The maximum atomic E-state index is 2.76. The molecule has 5 aliphatic rings. The molecule has 4 aliphatic carbocycles. The highest BCUT2D eigenvalue weighted by Gasteiger charge is 2.50. The zero-order valence-corrected chi connectivity index (χ0v) is 13.4. The quantitative estimate of drug-likeness (QED) is 0.677. The molecule has 1 heteroatoms. The predicted molar refractivity (Wildman–Crippen MR) is 84.6 cm³/mol. The van der Waals surface area contributed by atoms with E-state index in [2.05, 4.69) is 24.8 Å². The Morgan fingerprint density at radius 1 is 1.10 bits per heavy atom. The van der Waals surface area contributed by atoms with Crippen molar-refractivity contribution in [3.63, 3.8) is 0 Å². The van der Waals surface area contributed by atoms with Crippen LogP contribution in [0, 0.1) is 23.2 Å². The molecule has 0 spiro atoms. The summed E-state index contributed by atoms with van der Waals surface area (Å²) in [6.45, 7) is 7.38. The normalized spacial score (nSPS) is 47.6. The van der Waals surface area contributed by atoms with Crippen LogP contribution >= 0.6 is 0 Å². The lowest BCUT2D eigenvalue weighted by molar-refractivity contribution is -0.0618. The van der Waals surface area contributed by atoms with Crippen LogP contribution in [0.3, 0.4) is 0 Å². The monoisotopic (exact) mass is 273 g/mol. The maximum absolute atomic E-state index is 2.76. The highest BCUT2D eigenvalue weighted by molar-refractivity contribution is 5.10.